The van der Waals surface area contributed by atoms with Crippen LogP contribution in [0.2, 0.25) is 0 Å². The van der Waals surface area contributed by atoms with Crippen molar-refractivity contribution in [3.63, 3.8) is 0 Å². The second-order valence-electron chi connectivity index (χ2n) is 4.53. The van der Waals surface area contributed by atoms with Gasteiger partial charge in [0.05, 0.1) is 0 Å². The van der Waals surface area contributed by atoms with Gasteiger partial charge in [0.25, 0.3) is 0 Å². The molecule has 1 aliphatic rings. The summed E-state index contributed by atoms with van der Waals surface area (Å²) < 4.78 is 5.54. The van der Waals surface area contributed by atoms with Gasteiger partial charge < -0.3 is 9.32 Å². The third-order valence-corrected chi connectivity index (χ3v) is 3.34. The maximum Gasteiger partial charge on any atom is 0.196 e. The van der Waals surface area contributed by atoms with E-state index in [4.69, 9.17) is 4.42 Å². The Labute approximate surface area is 96.4 Å². The standard InChI is InChI=1S/C13H19NO2/c1-3-14(9-11-5-4-6-11)13-8-7-12(16-13)10(2)15/h7-8,11H,3-6,9H2,1-2H3. The zero-order valence-corrected chi connectivity index (χ0v) is 10.0. The molecule has 0 N–H and O–H groups in total. The van der Waals surface area contributed by atoms with Crippen LogP contribution in [0.25, 0.3) is 0 Å². The van der Waals surface area contributed by atoms with Crippen LogP contribution in [0.1, 0.15) is 43.7 Å². The molecule has 0 bridgehead atoms. The lowest BCUT2D eigenvalue weighted by Gasteiger charge is -2.31. The highest BCUT2D eigenvalue weighted by Gasteiger charge is 2.21. The van der Waals surface area contributed by atoms with Crippen LogP contribution in [0.3, 0.4) is 0 Å². The number of ketones is 1. The molecule has 0 saturated heterocycles. The van der Waals surface area contributed by atoms with E-state index in [1.165, 1.54) is 26.2 Å². The first-order valence-corrected chi connectivity index (χ1v) is 6.06. The van der Waals surface area contributed by atoms with Crippen molar-refractivity contribution < 1.29 is 9.21 Å². The van der Waals surface area contributed by atoms with E-state index in [1.54, 1.807) is 6.07 Å². The smallest absolute Gasteiger partial charge is 0.196 e. The van der Waals surface area contributed by atoms with Gasteiger partial charge in [-0.25, -0.2) is 0 Å². The van der Waals surface area contributed by atoms with E-state index >= 15 is 0 Å². The van der Waals surface area contributed by atoms with Gasteiger partial charge in [-0.15, -0.1) is 0 Å². The molecule has 1 aromatic rings. The number of nitrogens with zero attached hydrogens (tertiary/aromatic N) is 1. The average molecular weight is 221 g/mol. The second kappa shape index (κ2) is 4.73. The van der Waals surface area contributed by atoms with Gasteiger partial charge in [-0.3, -0.25) is 4.79 Å². The van der Waals surface area contributed by atoms with Crippen molar-refractivity contribution in [2.24, 2.45) is 5.92 Å². The van der Waals surface area contributed by atoms with E-state index in [0.717, 1.165) is 24.9 Å². The van der Waals surface area contributed by atoms with Crippen LogP contribution < -0.4 is 4.90 Å². The number of hydrogen-bond acceptors (Lipinski definition) is 3. The fraction of sp³-hybridized carbons (Fsp3) is 0.615. The van der Waals surface area contributed by atoms with Crippen molar-refractivity contribution in [2.45, 2.75) is 33.1 Å². The van der Waals surface area contributed by atoms with Gasteiger partial charge in [0.1, 0.15) is 0 Å². The first kappa shape index (κ1) is 11.2. The predicted molar refractivity (Wildman–Crippen MR) is 63.9 cm³/mol. The molecule has 1 fully saturated rings. The highest BCUT2D eigenvalue weighted by atomic mass is 16.4. The van der Waals surface area contributed by atoms with Gasteiger partial charge in [-0.05, 0) is 31.7 Å². The molecule has 0 unspecified atom stereocenters. The Balaban J connectivity index is 2.03. The summed E-state index contributed by atoms with van der Waals surface area (Å²) in [4.78, 5) is 13.4. The molecular weight excluding hydrogens is 202 g/mol. The van der Waals surface area contributed by atoms with E-state index in [2.05, 4.69) is 11.8 Å². The van der Waals surface area contributed by atoms with Gasteiger partial charge >= 0.3 is 0 Å². The second-order valence-corrected chi connectivity index (χ2v) is 4.53. The molecule has 1 saturated carbocycles. The molecule has 1 heterocycles. The van der Waals surface area contributed by atoms with Crippen molar-refractivity contribution in [1.29, 1.82) is 0 Å². The number of Topliss-reactive ketones (excluding diaryl/α,β-unsaturated/α-hetero) is 1. The van der Waals surface area contributed by atoms with Crippen LogP contribution in [0, 0.1) is 5.92 Å². The highest BCUT2D eigenvalue weighted by Crippen LogP contribution is 2.29. The van der Waals surface area contributed by atoms with Gasteiger partial charge in [0.15, 0.2) is 17.4 Å². The molecule has 0 spiro atoms. The fourth-order valence-electron chi connectivity index (χ4n) is 2.05. The SMILES string of the molecule is CCN(CC1CCC1)c1ccc(C(C)=O)o1. The minimum absolute atomic E-state index is 0.00838. The Morgan fingerprint density at radius 2 is 2.25 bits per heavy atom. The first-order chi connectivity index (χ1) is 7.70. The fourth-order valence-corrected chi connectivity index (χ4v) is 2.05. The average Bonchev–Trinajstić information content (AvgIpc) is 2.65. The summed E-state index contributed by atoms with van der Waals surface area (Å²) in [5.74, 6) is 2.10. The van der Waals surface area contributed by atoms with Gasteiger partial charge in [-0.1, -0.05) is 6.42 Å². The van der Waals surface area contributed by atoms with Crippen LogP contribution in [0.15, 0.2) is 16.5 Å². The molecule has 1 aliphatic carbocycles. The minimum atomic E-state index is -0.00838. The number of carbonyl (C=O) groups excluding carboxylic acids is 1. The Kier molecular flexibility index (Phi) is 3.32. The van der Waals surface area contributed by atoms with E-state index in [0.29, 0.717) is 5.76 Å². The normalized spacial score (nSPS) is 15.9. The van der Waals surface area contributed by atoms with Crippen LogP contribution >= 0.6 is 0 Å². The Hall–Kier alpha value is -1.25. The zero-order chi connectivity index (χ0) is 11.5. The number of hydrogen-bond donors (Lipinski definition) is 0. The summed E-state index contributed by atoms with van der Waals surface area (Å²) in [5.41, 5.74) is 0. The molecule has 0 radical (unpaired) electrons. The molecule has 1 aromatic heterocycles. The van der Waals surface area contributed by atoms with Crippen molar-refractivity contribution in [3.8, 4) is 0 Å². The Morgan fingerprint density at radius 1 is 1.50 bits per heavy atom. The predicted octanol–water partition coefficient (Wildman–Crippen LogP) is 3.11. The minimum Gasteiger partial charge on any atom is -0.437 e. The van der Waals surface area contributed by atoms with Gasteiger partial charge in [0, 0.05) is 26.1 Å². The Morgan fingerprint density at radius 3 is 2.69 bits per heavy atom. The number of anilines is 1. The van der Waals surface area contributed by atoms with Crippen molar-refractivity contribution in [1.82, 2.24) is 0 Å². The molecule has 0 amide bonds. The summed E-state index contributed by atoms with van der Waals surface area (Å²) in [7, 11) is 0. The highest BCUT2D eigenvalue weighted by molar-refractivity contribution is 5.91. The molecule has 2 rings (SSSR count). The lowest BCUT2D eigenvalue weighted by molar-refractivity contribution is 0.0987. The lowest BCUT2D eigenvalue weighted by Crippen LogP contribution is -2.32. The number of carbonyl (C=O) groups is 1. The van der Waals surface area contributed by atoms with E-state index < -0.39 is 0 Å². The first-order valence-electron chi connectivity index (χ1n) is 6.06. The maximum absolute atomic E-state index is 11.1. The van der Waals surface area contributed by atoms with Crippen molar-refractivity contribution >= 4 is 11.7 Å². The molecular formula is C13H19NO2. The number of furan rings is 1. The lowest BCUT2D eigenvalue weighted by atomic mass is 9.85. The summed E-state index contributed by atoms with van der Waals surface area (Å²) in [6.07, 6.45) is 4.02. The molecule has 3 heteroatoms. The zero-order valence-electron chi connectivity index (χ0n) is 10.0. The van der Waals surface area contributed by atoms with Crippen molar-refractivity contribution in [3.05, 3.63) is 17.9 Å². The molecule has 0 aliphatic heterocycles. The van der Waals surface area contributed by atoms with Crippen LogP contribution in [0.4, 0.5) is 5.88 Å². The molecule has 16 heavy (non-hydrogen) atoms. The topological polar surface area (TPSA) is 33.5 Å². The van der Waals surface area contributed by atoms with Crippen LogP contribution in [-0.4, -0.2) is 18.9 Å². The molecule has 3 nitrogen and oxygen atoms in total. The Bertz CT molecular complexity index is 366. The van der Waals surface area contributed by atoms with Gasteiger partial charge in [-0.2, -0.15) is 0 Å². The van der Waals surface area contributed by atoms with Crippen LogP contribution in [0.5, 0.6) is 0 Å². The summed E-state index contributed by atoms with van der Waals surface area (Å²) >= 11 is 0. The van der Waals surface area contributed by atoms with Crippen molar-refractivity contribution in [2.75, 3.05) is 18.0 Å². The number of rotatable bonds is 5. The van der Waals surface area contributed by atoms with E-state index in [-0.39, 0.29) is 5.78 Å². The van der Waals surface area contributed by atoms with E-state index in [9.17, 15) is 4.79 Å². The third-order valence-electron chi connectivity index (χ3n) is 3.34. The molecule has 0 atom stereocenters. The summed E-state index contributed by atoms with van der Waals surface area (Å²) in [6, 6.07) is 3.67. The van der Waals surface area contributed by atoms with Crippen LogP contribution in [-0.2, 0) is 0 Å². The monoisotopic (exact) mass is 221 g/mol. The molecule has 0 aromatic carbocycles. The van der Waals surface area contributed by atoms with Gasteiger partial charge in [0.2, 0.25) is 0 Å². The third kappa shape index (κ3) is 2.29. The largest absolute Gasteiger partial charge is 0.437 e. The van der Waals surface area contributed by atoms with E-state index in [1.807, 2.05) is 6.07 Å². The summed E-state index contributed by atoms with van der Waals surface area (Å²) in [5, 5.41) is 0. The molecule has 88 valence electrons. The quantitative estimate of drug-likeness (QED) is 0.716. The maximum atomic E-state index is 11.1. The summed E-state index contributed by atoms with van der Waals surface area (Å²) in [6.45, 7) is 5.64.